The zero-order valence-corrected chi connectivity index (χ0v) is 8.83. The smallest absolute Gasteiger partial charge is 0.0851 e. The highest BCUT2D eigenvalue weighted by Crippen LogP contribution is 2.12. The van der Waals surface area contributed by atoms with E-state index in [2.05, 4.69) is 36.4 Å². The Bertz CT molecular complexity index is 328. The van der Waals surface area contributed by atoms with Crippen LogP contribution in [0.1, 0.15) is 32.0 Å². The van der Waals surface area contributed by atoms with Crippen LogP contribution < -0.4 is 5.32 Å². The maximum absolute atomic E-state index is 4.49. The molecule has 0 amide bonds. The van der Waals surface area contributed by atoms with Gasteiger partial charge in [0, 0.05) is 18.8 Å². The van der Waals surface area contributed by atoms with Gasteiger partial charge in [0.2, 0.25) is 0 Å². The van der Waals surface area contributed by atoms with Gasteiger partial charge >= 0.3 is 0 Å². The minimum Gasteiger partial charge on any atom is -0.313 e. The van der Waals surface area contributed by atoms with Gasteiger partial charge in [-0.15, -0.1) is 0 Å². The van der Waals surface area contributed by atoms with Crippen molar-refractivity contribution in [2.24, 2.45) is 0 Å². The first-order valence-electron chi connectivity index (χ1n) is 5.21. The summed E-state index contributed by atoms with van der Waals surface area (Å²) < 4.78 is 1.99. The van der Waals surface area contributed by atoms with Crippen LogP contribution in [0, 0.1) is 0 Å². The predicted molar refractivity (Wildman–Crippen MR) is 58.1 cm³/mol. The molecule has 2 heterocycles. The van der Waals surface area contributed by atoms with E-state index in [9.17, 15) is 0 Å². The largest absolute Gasteiger partial charge is 0.313 e. The van der Waals surface area contributed by atoms with Crippen molar-refractivity contribution < 1.29 is 0 Å². The van der Waals surface area contributed by atoms with Gasteiger partial charge in [0.05, 0.1) is 5.69 Å². The molecule has 1 aliphatic heterocycles. The Hall–Kier alpha value is -1.09. The molecule has 0 atom stereocenters. The first-order chi connectivity index (χ1) is 6.75. The second-order valence-corrected chi connectivity index (χ2v) is 4.04. The Kier molecular flexibility index (Phi) is 2.68. The summed E-state index contributed by atoms with van der Waals surface area (Å²) in [5.41, 5.74) is 2.54. The SMILES string of the molecule is CC(C)n1ccc(/C=C2/CCNC2)n1. The van der Waals surface area contributed by atoms with Gasteiger partial charge in [0.25, 0.3) is 0 Å². The maximum atomic E-state index is 4.49. The summed E-state index contributed by atoms with van der Waals surface area (Å²) in [7, 11) is 0. The number of aromatic nitrogens is 2. The fourth-order valence-corrected chi connectivity index (χ4v) is 1.64. The molecule has 0 bridgehead atoms. The van der Waals surface area contributed by atoms with Gasteiger partial charge in [-0.05, 0) is 39.0 Å². The van der Waals surface area contributed by atoms with Crippen LogP contribution in [0.2, 0.25) is 0 Å². The van der Waals surface area contributed by atoms with E-state index in [1.807, 2.05) is 10.9 Å². The van der Waals surface area contributed by atoms with Crippen LogP contribution in [0.5, 0.6) is 0 Å². The lowest BCUT2D eigenvalue weighted by molar-refractivity contribution is 0.531. The van der Waals surface area contributed by atoms with E-state index in [4.69, 9.17) is 0 Å². The number of rotatable bonds is 2. The third kappa shape index (κ3) is 2.04. The van der Waals surface area contributed by atoms with Crippen molar-refractivity contribution in [1.29, 1.82) is 0 Å². The molecule has 3 nitrogen and oxygen atoms in total. The van der Waals surface area contributed by atoms with Crippen LogP contribution in [0.3, 0.4) is 0 Å². The van der Waals surface area contributed by atoms with Crippen LogP contribution in [0.4, 0.5) is 0 Å². The summed E-state index contributed by atoms with van der Waals surface area (Å²) in [6.07, 6.45) is 5.40. The van der Waals surface area contributed by atoms with Crippen LogP contribution in [-0.2, 0) is 0 Å². The van der Waals surface area contributed by atoms with Crippen LogP contribution in [-0.4, -0.2) is 22.9 Å². The van der Waals surface area contributed by atoms with Crippen molar-refractivity contribution in [3.63, 3.8) is 0 Å². The minimum absolute atomic E-state index is 0.448. The minimum atomic E-state index is 0.448. The van der Waals surface area contributed by atoms with E-state index in [1.54, 1.807) is 0 Å². The van der Waals surface area contributed by atoms with Crippen molar-refractivity contribution in [3.8, 4) is 0 Å². The topological polar surface area (TPSA) is 29.9 Å². The number of nitrogens with one attached hydrogen (secondary N) is 1. The molecule has 3 heteroatoms. The number of nitrogens with zero attached hydrogens (tertiary/aromatic N) is 2. The predicted octanol–water partition coefficient (Wildman–Crippen LogP) is 1.84. The molecule has 0 aromatic carbocycles. The summed E-state index contributed by atoms with van der Waals surface area (Å²) >= 11 is 0. The monoisotopic (exact) mass is 191 g/mol. The Balaban J connectivity index is 2.12. The van der Waals surface area contributed by atoms with E-state index in [-0.39, 0.29) is 0 Å². The molecule has 1 aliphatic rings. The lowest BCUT2D eigenvalue weighted by Gasteiger charge is -2.02. The van der Waals surface area contributed by atoms with Gasteiger partial charge in [-0.2, -0.15) is 5.10 Å². The maximum Gasteiger partial charge on any atom is 0.0851 e. The number of hydrogen-bond acceptors (Lipinski definition) is 2. The molecule has 1 saturated heterocycles. The second-order valence-electron chi connectivity index (χ2n) is 4.04. The van der Waals surface area contributed by atoms with Crippen LogP contribution in [0.15, 0.2) is 17.8 Å². The van der Waals surface area contributed by atoms with Crippen molar-refractivity contribution in [1.82, 2.24) is 15.1 Å². The van der Waals surface area contributed by atoms with Gasteiger partial charge in [0.1, 0.15) is 0 Å². The van der Waals surface area contributed by atoms with Gasteiger partial charge in [-0.1, -0.05) is 5.57 Å². The molecular weight excluding hydrogens is 174 g/mol. The van der Waals surface area contributed by atoms with Crippen molar-refractivity contribution in [2.75, 3.05) is 13.1 Å². The highest BCUT2D eigenvalue weighted by atomic mass is 15.3. The van der Waals surface area contributed by atoms with Gasteiger partial charge in [-0.3, -0.25) is 4.68 Å². The van der Waals surface area contributed by atoms with Gasteiger partial charge in [0.15, 0.2) is 0 Å². The third-order valence-electron chi connectivity index (χ3n) is 2.49. The molecule has 0 radical (unpaired) electrons. The lowest BCUT2D eigenvalue weighted by atomic mass is 10.2. The molecule has 0 spiro atoms. The molecular formula is C11H17N3. The highest BCUT2D eigenvalue weighted by molar-refractivity contribution is 5.49. The molecule has 0 aliphatic carbocycles. The molecule has 2 rings (SSSR count). The molecule has 1 aromatic rings. The van der Waals surface area contributed by atoms with Crippen LogP contribution >= 0.6 is 0 Å². The molecule has 14 heavy (non-hydrogen) atoms. The van der Waals surface area contributed by atoms with E-state index in [0.717, 1.165) is 25.2 Å². The summed E-state index contributed by atoms with van der Waals surface area (Å²) in [5, 5.41) is 7.81. The zero-order chi connectivity index (χ0) is 9.97. The molecule has 1 fully saturated rings. The van der Waals surface area contributed by atoms with Crippen LogP contribution in [0.25, 0.3) is 6.08 Å². The lowest BCUT2D eigenvalue weighted by Crippen LogP contribution is -2.04. The summed E-state index contributed by atoms with van der Waals surface area (Å²) in [4.78, 5) is 0. The van der Waals surface area contributed by atoms with E-state index >= 15 is 0 Å². The number of hydrogen-bond donors (Lipinski definition) is 1. The van der Waals surface area contributed by atoms with E-state index in [1.165, 1.54) is 5.57 Å². The molecule has 0 saturated carbocycles. The average Bonchev–Trinajstić information content (AvgIpc) is 2.75. The second kappa shape index (κ2) is 3.96. The van der Waals surface area contributed by atoms with Gasteiger partial charge < -0.3 is 5.32 Å². The zero-order valence-electron chi connectivity index (χ0n) is 8.83. The van der Waals surface area contributed by atoms with E-state index < -0.39 is 0 Å². The van der Waals surface area contributed by atoms with Crippen molar-refractivity contribution in [2.45, 2.75) is 26.3 Å². The first kappa shape index (κ1) is 9.46. The highest BCUT2D eigenvalue weighted by Gasteiger charge is 2.06. The summed E-state index contributed by atoms with van der Waals surface area (Å²) in [5.74, 6) is 0. The first-order valence-corrected chi connectivity index (χ1v) is 5.21. The fraction of sp³-hybridized carbons (Fsp3) is 0.545. The van der Waals surface area contributed by atoms with Crippen molar-refractivity contribution in [3.05, 3.63) is 23.5 Å². The Morgan fingerprint density at radius 1 is 1.57 bits per heavy atom. The fourth-order valence-electron chi connectivity index (χ4n) is 1.64. The normalized spacial score (nSPS) is 19.8. The average molecular weight is 191 g/mol. The third-order valence-corrected chi connectivity index (χ3v) is 2.49. The van der Waals surface area contributed by atoms with Gasteiger partial charge in [-0.25, -0.2) is 0 Å². The Labute approximate surface area is 84.8 Å². The standard InChI is InChI=1S/C11H17N3/c1-9(2)14-6-4-11(13-14)7-10-3-5-12-8-10/h4,6-7,9,12H,3,5,8H2,1-2H3/b10-7-. The summed E-state index contributed by atoms with van der Waals surface area (Å²) in [6, 6.07) is 2.52. The molecule has 1 aromatic heterocycles. The molecule has 0 unspecified atom stereocenters. The van der Waals surface area contributed by atoms with Crippen molar-refractivity contribution >= 4 is 6.08 Å². The van der Waals surface area contributed by atoms with E-state index in [0.29, 0.717) is 6.04 Å². The Morgan fingerprint density at radius 2 is 2.43 bits per heavy atom. The summed E-state index contributed by atoms with van der Waals surface area (Å²) in [6.45, 7) is 6.41. The quantitative estimate of drug-likeness (QED) is 0.773. The molecule has 76 valence electrons. The molecule has 1 N–H and O–H groups in total. The Morgan fingerprint density at radius 3 is 3.00 bits per heavy atom.